The summed E-state index contributed by atoms with van der Waals surface area (Å²) in [6.07, 6.45) is 4.51. The molecule has 0 aliphatic carbocycles. The number of hydrogen-bond donors (Lipinski definition) is 2. The summed E-state index contributed by atoms with van der Waals surface area (Å²) >= 11 is 0. The summed E-state index contributed by atoms with van der Waals surface area (Å²) in [5, 5.41) is 11.0. The van der Waals surface area contributed by atoms with Gasteiger partial charge in [-0.3, -0.25) is 0 Å². The van der Waals surface area contributed by atoms with E-state index in [4.69, 9.17) is 5.11 Å². The summed E-state index contributed by atoms with van der Waals surface area (Å²) < 4.78 is 22.9. The summed E-state index contributed by atoms with van der Waals surface area (Å²) in [6.45, 7) is 4.20. The van der Waals surface area contributed by atoms with Crippen molar-refractivity contribution < 1.29 is 13.5 Å². The van der Waals surface area contributed by atoms with Crippen LogP contribution in [0.25, 0.3) is 0 Å². The van der Waals surface area contributed by atoms with E-state index in [1.807, 2.05) is 0 Å². The first-order valence-corrected chi connectivity index (χ1v) is 7.32. The lowest BCUT2D eigenvalue weighted by molar-refractivity contribution is 0.319. The smallest absolute Gasteiger partial charge is 0.168 e. The molecule has 0 amide bonds. The molecule has 0 bridgehead atoms. The summed E-state index contributed by atoms with van der Waals surface area (Å²) in [6, 6.07) is 0. The fraction of sp³-hybridized carbons (Fsp3) is 1.00. The zero-order valence-corrected chi connectivity index (χ0v) is 10.5. The maximum absolute atomic E-state index is 11.4. The van der Waals surface area contributed by atoms with Gasteiger partial charge < -0.3 is 10.4 Å². The first-order chi connectivity index (χ1) is 7.04. The number of aliphatic hydroxyl groups excluding tert-OH is 1. The Morgan fingerprint density at radius 3 is 2.47 bits per heavy atom. The number of hydrogen-bond acceptors (Lipinski definition) is 4. The van der Waals surface area contributed by atoms with Gasteiger partial charge in [-0.2, -0.15) is 0 Å². The van der Waals surface area contributed by atoms with Crippen molar-refractivity contribution in [2.45, 2.75) is 44.9 Å². The van der Waals surface area contributed by atoms with E-state index < -0.39 is 15.2 Å². The number of rotatable bonds is 9. The molecule has 92 valence electrons. The second kappa shape index (κ2) is 8.07. The summed E-state index contributed by atoms with van der Waals surface area (Å²) in [7, 11) is -3.16. The van der Waals surface area contributed by atoms with Crippen LogP contribution >= 0.6 is 0 Å². The quantitative estimate of drug-likeness (QED) is 0.585. The van der Waals surface area contributed by atoms with E-state index in [-0.39, 0.29) is 12.4 Å². The summed E-state index contributed by atoms with van der Waals surface area (Å²) in [5.74, 6) is -0.157. The molecule has 0 saturated heterocycles. The van der Waals surface area contributed by atoms with Crippen LogP contribution in [0.4, 0.5) is 0 Å². The Labute approximate surface area is 93.0 Å². The Kier molecular flexibility index (Phi) is 8.00. The molecule has 0 aromatic carbocycles. The van der Waals surface area contributed by atoms with E-state index in [1.54, 1.807) is 6.92 Å². The summed E-state index contributed by atoms with van der Waals surface area (Å²) in [4.78, 5) is 0. The van der Waals surface area contributed by atoms with Gasteiger partial charge in [0.05, 0.1) is 12.4 Å². The standard InChI is InChI=1S/C10H23NO3S/c1-3-4-5-6-7-11-10(2)15(13,14)9-8-12/h10-12H,3-9H2,1-2H3. The molecule has 0 aliphatic rings. The van der Waals surface area contributed by atoms with Crippen molar-refractivity contribution in [3.05, 3.63) is 0 Å². The maximum Gasteiger partial charge on any atom is 0.168 e. The molecular formula is C10H23NO3S. The minimum Gasteiger partial charge on any atom is -0.395 e. The molecule has 0 aromatic rings. The van der Waals surface area contributed by atoms with E-state index >= 15 is 0 Å². The van der Waals surface area contributed by atoms with Gasteiger partial charge >= 0.3 is 0 Å². The molecule has 2 N–H and O–H groups in total. The lowest BCUT2D eigenvalue weighted by atomic mass is 10.2. The zero-order chi connectivity index (χ0) is 11.7. The third-order valence-corrected chi connectivity index (χ3v) is 4.37. The normalized spacial score (nSPS) is 14.1. The van der Waals surface area contributed by atoms with Crippen LogP contribution in [0.15, 0.2) is 0 Å². The van der Waals surface area contributed by atoms with Crippen molar-refractivity contribution in [2.24, 2.45) is 0 Å². The van der Waals surface area contributed by atoms with Gasteiger partial charge in [0.2, 0.25) is 0 Å². The van der Waals surface area contributed by atoms with Gasteiger partial charge in [-0.1, -0.05) is 26.2 Å². The van der Waals surface area contributed by atoms with E-state index in [9.17, 15) is 8.42 Å². The molecule has 0 rings (SSSR count). The lowest BCUT2D eigenvalue weighted by Gasteiger charge is -2.13. The Hall–Kier alpha value is -0.130. The molecule has 0 aromatic heterocycles. The topological polar surface area (TPSA) is 66.4 Å². The van der Waals surface area contributed by atoms with Crippen LogP contribution < -0.4 is 5.32 Å². The van der Waals surface area contributed by atoms with Crippen LogP contribution in [0, 0.1) is 0 Å². The van der Waals surface area contributed by atoms with Crippen LogP contribution in [0.5, 0.6) is 0 Å². The first kappa shape index (κ1) is 14.9. The molecule has 5 heteroatoms. The average molecular weight is 237 g/mol. The lowest BCUT2D eigenvalue weighted by Crippen LogP contribution is -2.36. The van der Waals surface area contributed by atoms with Gasteiger partial charge in [-0.25, -0.2) is 8.42 Å². The van der Waals surface area contributed by atoms with Crippen LogP contribution in [0.1, 0.15) is 39.5 Å². The van der Waals surface area contributed by atoms with E-state index in [0.717, 1.165) is 19.4 Å². The minimum atomic E-state index is -3.16. The number of unbranched alkanes of at least 4 members (excludes halogenated alkanes) is 3. The third-order valence-electron chi connectivity index (χ3n) is 2.38. The molecular weight excluding hydrogens is 214 g/mol. The Morgan fingerprint density at radius 1 is 1.27 bits per heavy atom. The summed E-state index contributed by atoms with van der Waals surface area (Å²) in [5.41, 5.74) is 0. The van der Waals surface area contributed by atoms with Gasteiger partial charge in [0.1, 0.15) is 5.37 Å². The van der Waals surface area contributed by atoms with E-state index in [1.165, 1.54) is 12.8 Å². The molecule has 0 aliphatic heterocycles. The van der Waals surface area contributed by atoms with Gasteiger partial charge in [-0.15, -0.1) is 0 Å². The number of sulfone groups is 1. The van der Waals surface area contributed by atoms with Crippen molar-refractivity contribution in [3.63, 3.8) is 0 Å². The second-order valence-electron chi connectivity index (χ2n) is 3.75. The molecule has 1 unspecified atom stereocenters. The second-order valence-corrected chi connectivity index (χ2v) is 6.19. The molecule has 1 atom stereocenters. The highest BCUT2D eigenvalue weighted by atomic mass is 32.2. The van der Waals surface area contributed by atoms with Crippen molar-refractivity contribution in [3.8, 4) is 0 Å². The molecule has 0 radical (unpaired) electrons. The molecule has 4 nitrogen and oxygen atoms in total. The third kappa shape index (κ3) is 6.87. The highest BCUT2D eigenvalue weighted by Gasteiger charge is 2.18. The maximum atomic E-state index is 11.4. The van der Waals surface area contributed by atoms with Crippen molar-refractivity contribution in [1.82, 2.24) is 5.32 Å². The van der Waals surface area contributed by atoms with Crippen LogP contribution in [0.3, 0.4) is 0 Å². The van der Waals surface area contributed by atoms with Crippen LogP contribution in [0.2, 0.25) is 0 Å². The Balaban J connectivity index is 3.69. The predicted octanol–water partition coefficient (Wildman–Crippen LogP) is 0.909. The predicted molar refractivity (Wildman–Crippen MR) is 62.5 cm³/mol. The van der Waals surface area contributed by atoms with Crippen molar-refractivity contribution in [2.75, 3.05) is 18.9 Å². The molecule has 15 heavy (non-hydrogen) atoms. The highest BCUT2D eigenvalue weighted by molar-refractivity contribution is 7.91. The van der Waals surface area contributed by atoms with E-state index in [2.05, 4.69) is 12.2 Å². The van der Waals surface area contributed by atoms with E-state index in [0.29, 0.717) is 0 Å². The van der Waals surface area contributed by atoms with Crippen molar-refractivity contribution >= 4 is 9.84 Å². The fourth-order valence-electron chi connectivity index (χ4n) is 1.29. The zero-order valence-electron chi connectivity index (χ0n) is 9.70. The van der Waals surface area contributed by atoms with Gasteiger partial charge in [-0.05, 0) is 19.9 Å². The molecule has 0 fully saturated rings. The van der Waals surface area contributed by atoms with Gasteiger partial charge in [0.15, 0.2) is 9.84 Å². The number of nitrogens with one attached hydrogen (secondary N) is 1. The van der Waals surface area contributed by atoms with Crippen LogP contribution in [-0.4, -0.2) is 37.8 Å². The monoisotopic (exact) mass is 237 g/mol. The molecule has 0 saturated carbocycles. The average Bonchev–Trinajstić information content (AvgIpc) is 2.17. The molecule has 0 spiro atoms. The Bertz CT molecular complexity index is 239. The highest BCUT2D eigenvalue weighted by Crippen LogP contribution is 2.01. The fourth-order valence-corrected chi connectivity index (χ4v) is 2.27. The Morgan fingerprint density at radius 2 is 1.93 bits per heavy atom. The minimum absolute atomic E-state index is 0.157. The SMILES string of the molecule is CCCCCCNC(C)S(=O)(=O)CCO. The first-order valence-electron chi connectivity index (χ1n) is 5.60. The molecule has 0 heterocycles. The van der Waals surface area contributed by atoms with Gasteiger partial charge in [0, 0.05) is 0 Å². The van der Waals surface area contributed by atoms with Crippen molar-refractivity contribution in [1.29, 1.82) is 0 Å². The van der Waals surface area contributed by atoms with Crippen LogP contribution in [-0.2, 0) is 9.84 Å². The largest absolute Gasteiger partial charge is 0.395 e. The number of aliphatic hydroxyl groups is 1. The van der Waals surface area contributed by atoms with Gasteiger partial charge in [0.25, 0.3) is 0 Å².